The van der Waals surface area contributed by atoms with E-state index >= 15 is 0 Å². The summed E-state index contributed by atoms with van der Waals surface area (Å²) in [5.41, 5.74) is 5.56. The van der Waals surface area contributed by atoms with E-state index in [0.717, 1.165) is 26.1 Å². The second-order valence-electron chi connectivity index (χ2n) is 3.36. The first-order valence-electron chi connectivity index (χ1n) is 4.02. The summed E-state index contributed by atoms with van der Waals surface area (Å²) in [5, 5.41) is 0. The van der Waals surface area contributed by atoms with Gasteiger partial charge < -0.3 is 10.5 Å². The minimum Gasteiger partial charge on any atom is -0.388 e. The molecule has 1 rings (SSSR count). The quantitative estimate of drug-likeness (QED) is 0.453. The summed E-state index contributed by atoms with van der Waals surface area (Å²) in [5.74, 6) is 0.675. The molecule has 0 atom stereocenters. The van der Waals surface area contributed by atoms with Crippen LogP contribution < -0.4 is 5.73 Å². The first-order valence-corrected chi connectivity index (χ1v) is 4.02. The van der Waals surface area contributed by atoms with Gasteiger partial charge in [0.1, 0.15) is 0 Å². The maximum absolute atomic E-state index is 5.52. The standard InChI is InChI=1S/C8H16N2O/c1-7(9)10-8(2)3-5-11-6-4-8/h3-6H2,1-2H3,(H2,9,10). The summed E-state index contributed by atoms with van der Waals surface area (Å²) < 4.78 is 5.24. The zero-order valence-corrected chi connectivity index (χ0v) is 7.26. The van der Waals surface area contributed by atoms with Gasteiger partial charge in [-0.2, -0.15) is 0 Å². The number of hydrogen-bond donors (Lipinski definition) is 1. The van der Waals surface area contributed by atoms with Crippen LogP contribution in [0.15, 0.2) is 4.99 Å². The highest BCUT2D eigenvalue weighted by molar-refractivity contribution is 5.77. The first-order chi connectivity index (χ1) is 5.12. The largest absolute Gasteiger partial charge is 0.388 e. The lowest BCUT2D eigenvalue weighted by Crippen LogP contribution is -2.33. The minimum absolute atomic E-state index is 0.0388. The zero-order valence-electron chi connectivity index (χ0n) is 7.26. The molecule has 1 aliphatic heterocycles. The summed E-state index contributed by atoms with van der Waals surface area (Å²) in [6.07, 6.45) is 1.98. The van der Waals surface area contributed by atoms with Gasteiger partial charge in [0.15, 0.2) is 0 Å². The van der Waals surface area contributed by atoms with Gasteiger partial charge in [-0.1, -0.05) is 0 Å². The molecule has 1 heterocycles. The molecule has 0 bridgehead atoms. The van der Waals surface area contributed by atoms with Crippen LogP contribution in [-0.2, 0) is 4.74 Å². The molecule has 1 aliphatic rings. The van der Waals surface area contributed by atoms with Crippen molar-refractivity contribution in [3.63, 3.8) is 0 Å². The normalized spacial score (nSPS) is 25.1. The second-order valence-corrected chi connectivity index (χ2v) is 3.36. The van der Waals surface area contributed by atoms with Crippen molar-refractivity contribution in [2.45, 2.75) is 32.2 Å². The number of aliphatic imine (C=N–C) groups is 1. The van der Waals surface area contributed by atoms with E-state index in [1.54, 1.807) is 0 Å². The van der Waals surface area contributed by atoms with Crippen LogP contribution in [0.25, 0.3) is 0 Å². The number of ether oxygens (including phenoxy) is 1. The maximum Gasteiger partial charge on any atom is 0.0912 e. The van der Waals surface area contributed by atoms with Gasteiger partial charge in [0.05, 0.1) is 11.4 Å². The molecule has 2 N–H and O–H groups in total. The van der Waals surface area contributed by atoms with E-state index in [0.29, 0.717) is 5.84 Å². The van der Waals surface area contributed by atoms with Crippen molar-refractivity contribution in [1.82, 2.24) is 0 Å². The fourth-order valence-corrected chi connectivity index (χ4v) is 1.35. The average Bonchev–Trinajstić information content (AvgIpc) is 1.85. The van der Waals surface area contributed by atoms with Crippen molar-refractivity contribution in [3.8, 4) is 0 Å². The van der Waals surface area contributed by atoms with Gasteiger partial charge >= 0.3 is 0 Å². The highest BCUT2D eigenvalue weighted by Crippen LogP contribution is 2.23. The summed E-state index contributed by atoms with van der Waals surface area (Å²) in [6, 6.07) is 0. The van der Waals surface area contributed by atoms with Gasteiger partial charge in [-0.15, -0.1) is 0 Å². The van der Waals surface area contributed by atoms with Gasteiger partial charge in [-0.3, -0.25) is 4.99 Å². The Balaban J connectivity index is 2.57. The molecule has 1 fully saturated rings. The molecule has 0 unspecified atom stereocenters. The molecule has 0 aliphatic carbocycles. The van der Waals surface area contributed by atoms with Crippen LogP contribution in [0.4, 0.5) is 0 Å². The number of nitrogens with two attached hydrogens (primary N) is 1. The average molecular weight is 156 g/mol. The van der Waals surface area contributed by atoms with Gasteiger partial charge in [0.25, 0.3) is 0 Å². The number of hydrogen-bond acceptors (Lipinski definition) is 2. The van der Waals surface area contributed by atoms with E-state index < -0.39 is 0 Å². The van der Waals surface area contributed by atoms with Crippen molar-refractivity contribution in [2.75, 3.05) is 13.2 Å². The first kappa shape index (κ1) is 8.53. The Labute approximate surface area is 67.6 Å². The van der Waals surface area contributed by atoms with Crippen LogP contribution in [0, 0.1) is 0 Å². The predicted octanol–water partition coefficient (Wildman–Crippen LogP) is 0.933. The molecular weight excluding hydrogens is 140 g/mol. The molecule has 0 radical (unpaired) electrons. The Morgan fingerprint density at radius 3 is 2.45 bits per heavy atom. The molecule has 3 nitrogen and oxygen atoms in total. The molecule has 64 valence electrons. The summed E-state index contributed by atoms with van der Waals surface area (Å²) in [6.45, 7) is 5.59. The molecule has 1 saturated heterocycles. The molecule has 0 aromatic rings. The fraction of sp³-hybridized carbons (Fsp3) is 0.875. The van der Waals surface area contributed by atoms with Gasteiger partial charge in [0.2, 0.25) is 0 Å². The molecule has 0 aromatic carbocycles. The Morgan fingerprint density at radius 2 is 2.00 bits per heavy atom. The summed E-state index contributed by atoms with van der Waals surface area (Å²) in [4.78, 5) is 4.38. The van der Waals surface area contributed by atoms with Crippen molar-refractivity contribution < 1.29 is 4.74 Å². The van der Waals surface area contributed by atoms with E-state index in [1.165, 1.54) is 0 Å². The lowest BCUT2D eigenvalue weighted by atomic mass is 9.93. The van der Waals surface area contributed by atoms with Gasteiger partial charge in [0, 0.05) is 13.2 Å². The van der Waals surface area contributed by atoms with Crippen molar-refractivity contribution >= 4 is 5.84 Å². The summed E-state index contributed by atoms with van der Waals surface area (Å²) in [7, 11) is 0. The Morgan fingerprint density at radius 1 is 1.45 bits per heavy atom. The highest BCUT2D eigenvalue weighted by Gasteiger charge is 2.25. The maximum atomic E-state index is 5.52. The topological polar surface area (TPSA) is 47.6 Å². The van der Waals surface area contributed by atoms with Crippen molar-refractivity contribution in [1.29, 1.82) is 0 Å². The van der Waals surface area contributed by atoms with Gasteiger partial charge in [-0.25, -0.2) is 0 Å². The van der Waals surface area contributed by atoms with Crippen LogP contribution in [0.2, 0.25) is 0 Å². The molecule has 0 saturated carbocycles. The molecule has 3 heteroatoms. The Kier molecular flexibility index (Phi) is 2.49. The van der Waals surface area contributed by atoms with E-state index in [-0.39, 0.29) is 5.54 Å². The van der Waals surface area contributed by atoms with Crippen LogP contribution in [-0.4, -0.2) is 24.6 Å². The third-order valence-corrected chi connectivity index (χ3v) is 2.02. The molecule has 0 amide bonds. The van der Waals surface area contributed by atoms with Crippen molar-refractivity contribution in [2.24, 2.45) is 10.7 Å². The lowest BCUT2D eigenvalue weighted by Gasteiger charge is -2.29. The molecule has 0 aromatic heterocycles. The van der Waals surface area contributed by atoms with E-state index in [4.69, 9.17) is 10.5 Å². The number of amidine groups is 1. The lowest BCUT2D eigenvalue weighted by molar-refractivity contribution is 0.0602. The highest BCUT2D eigenvalue weighted by atomic mass is 16.5. The smallest absolute Gasteiger partial charge is 0.0912 e. The van der Waals surface area contributed by atoms with Crippen LogP contribution in [0.3, 0.4) is 0 Å². The van der Waals surface area contributed by atoms with Crippen LogP contribution in [0.5, 0.6) is 0 Å². The molecular formula is C8H16N2O. The van der Waals surface area contributed by atoms with Crippen LogP contribution >= 0.6 is 0 Å². The number of nitrogens with zero attached hydrogens (tertiary/aromatic N) is 1. The van der Waals surface area contributed by atoms with E-state index in [1.807, 2.05) is 6.92 Å². The van der Waals surface area contributed by atoms with E-state index in [2.05, 4.69) is 11.9 Å². The second kappa shape index (κ2) is 3.22. The Bertz CT molecular complexity index is 155. The minimum atomic E-state index is 0.0388. The van der Waals surface area contributed by atoms with Gasteiger partial charge in [-0.05, 0) is 26.7 Å². The van der Waals surface area contributed by atoms with Crippen LogP contribution in [0.1, 0.15) is 26.7 Å². The molecule has 0 spiro atoms. The predicted molar refractivity (Wildman–Crippen MR) is 45.8 cm³/mol. The summed E-state index contributed by atoms with van der Waals surface area (Å²) >= 11 is 0. The fourth-order valence-electron chi connectivity index (χ4n) is 1.35. The van der Waals surface area contributed by atoms with Crippen molar-refractivity contribution in [3.05, 3.63) is 0 Å². The third kappa shape index (κ3) is 2.50. The zero-order chi connectivity index (χ0) is 8.32. The van der Waals surface area contributed by atoms with E-state index in [9.17, 15) is 0 Å². The monoisotopic (exact) mass is 156 g/mol. The molecule has 11 heavy (non-hydrogen) atoms. The third-order valence-electron chi connectivity index (χ3n) is 2.02. The Hall–Kier alpha value is -0.570. The number of rotatable bonds is 1. The SMILES string of the molecule is CC(N)=NC1(C)CCOCC1.